The van der Waals surface area contributed by atoms with Crippen molar-refractivity contribution in [3.63, 3.8) is 0 Å². The second-order valence-corrected chi connectivity index (χ2v) is 9.89. The van der Waals surface area contributed by atoms with Gasteiger partial charge in [-0.3, -0.25) is 0 Å². The molecule has 0 heterocycles. The van der Waals surface area contributed by atoms with E-state index in [0.29, 0.717) is 17.2 Å². The van der Waals surface area contributed by atoms with Gasteiger partial charge in [-0.25, -0.2) is 0 Å². The van der Waals surface area contributed by atoms with E-state index in [1.165, 1.54) is 6.42 Å². The first-order valence-corrected chi connectivity index (χ1v) is 12.3. The first kappa shape index (κ1) is 9.99. The molecule has 0 nitrogen and oxygen atoms in total. The van der Waals surface area contributed by atoms with Crippen LogP contribution in [0, 0.1) is 11.3 Å². The zero-order chi connectivity index (χ0) is 8.82. The van der Waals surface area contributed by atoms with Crippen molar-refractivity contribution in [2.24, 2.45) is 11.3 Å². The Morgan fingerprint density at radius 3 is 2.50 bits per heavy atom. The van der Waals surface area contributed by atoms with Gasteiger partial charge in [-0.1, -0.05) is 0 Å². The summed E-state index contributed by atoms with van der Waals surface area (Å²) in [5.41, 5.74) is 0.834. The van der Waals surface area contributed by atoms with E-state index in [9.17, 15) is 0 Å². The molecule has 2 saturated carbocycles. The summed E-state index contributed by atoms with van der Waals surface area (Å²) < 4.78 is 0.889. The maximum atomic E-state index is 2.73. The average molecular weight is 391 g/mol. The minimum atomic E-state index is 0.454. The molecule has 2 aliphatic rings. The van der Waals surface area contributed by atoms with Crippen molar-refractivity contribution in [2.75, 3.05) is 0 Å². The molecular weight excluding hydrogens is 374 g/mol. The molecule has 3 atom stereocenters. The SMILES string of the molecule is CCC12CCC1([I-]I)C[C@H](C)C2. The van der Waals surface area contributed by atoms with E-state index in [-0.39, 0.29) is 0 Å². The monoisotopic (exact) mass is 391 g/mol. The maximum absolute atomic E-state index is 2.73. The average Bonchev–Trinajstić information content (AvgIpc) is 2.25. The number of halogens is 2. The van der Waals surface area contributed by atoms with Crippen LogP contribution < -0.4 is 17.2 Å². The third-order valence-electron chi connectivity index (χ3n) is 4.17. The van der Waals surface area contributed by atoms with Gasteiger partial charge >= 0.3 is 96.6 Å². The number of hydrogen-bond donors (Lipinski definition) is 0. The molecule has 2 aliphatic carbocycles. The fourth-order valence-electron chi connectivity index (χ4n) is 3.42. The molecule has 0 spiro atoms. The van der Waals surface area contributed by atoms with Crippen molar-refractivity contribution in [1.82, 2.24) is 0 Å². The summed E-state index contributed by atoms with van der Waals surface area (Å²) in [5.74, 6) is 1.03. The molecule has 2 fully saturated rings. The van der Waals surface area contributed by atoms with Crippen molar-refractivity contribution in [3.8, 4) is 0 Å². The van der Waals surface area contributed by atoms with Gasteiger partial charge in [0.1, 0.15) is 0 Å². The molecule has 0 saturated heterocycles. The molecule has 0 aromatic heterocycles. The minimum absolute atomic E-state index is 0.454. The van der Waals surface area contributed by atoms with Crippen LogP contribution in [0.4, 0.5) is 0 Å². The summed E-state index contributed by atoms with van der Waals surface area (Å²) in [5, 5.41) is 0. The normalized spacial score (nSPS) is 52.1. The van der Waals surface area contributed by atoms with Crippen LogP contribution >= 0.6 is 18.6 Å². The van der Waals surface area contributed by atoms with Gasteiger partial charge in [0.15, 0.2) is 0 Å². The topological polar surface area (TPSA) is 0 Å². The molecule has 12 heavy (non-hydrogen) atoms. The quantitative estimate of drug-likeness (QED) is 0.483. The Morgan fingerprint density at radius 1 is 1.42 bits per heavy atom. The Morgan fingerprint density at radius 2 is 2.17 bits per heavy atom. The summed E-state index contributed by atoms with van der Waals surface area (Å²) in [6.45, 7) is 4.88. The first-order valence-electron chi connectivity index (χ1n) is 4.95. The van der Waals surface area contributed by atoms with Crippen molar-refractivity contribution < 1.29 is 17.2 Å². The second kappa shape index (κ2) is 3.24. The molecular formula is C10H17I2-. The Labute approximate surface area is 95.7 Å². The summed E-state index contributed by atoms with van der Waals surface area (Å²) in [6, 6.07) is 0. The van der Waals surface area contributed by atoms with Gasteiger partial charge in [0.2, 0.25) is 0 Å². The number of hydrogen-bond acceptors (Lipinski definition) is 0. The Bertz CT molecular complexity index is 164. The molecule has 0 aromatic carbocycles. The Kier molecular flexibility index (Phi) is 2.70. The van der Waals surface area contributed by atoms with Crippen molar-refractivity contribution in [1.29, 1.82) is 0 Å². The summed E-state index contributed by atoms with van der Waals surface area (Å²) in [6.07, 6.45) is 7.70. The van der Waals surface area contributed by atoms with Crippen LogP contribution in [0.15, 0.2) is 0 Å². The van der Waals surface area contributed by atoms with Gasteiger partial charge in [0.05, 0.1) is 0 Å². The van der Waals surface area contributed by atoms with Gasteiger partial charge in [-0.2, -0.15) is 0 Å². The van der Waals surface area contributed by atoms with Crippen LogP contribution in [0.2, 0.25) is 0 Å². The number of fused-ring (bicyclic) bond motifs is 1. The van der Waals surface area contributed by atoms with E-state index in [2.05, 4.69) is 32.5 Å². The molecule has 0 radical (unpaired) electrons. The van der Waals surface area contributed by atoms with Crippen LogP contribution in [0.1, 0.15) is 46.0 Å². The van der Waals surface area contributed by atoms with Crippen LogP contribution in [-0.2, 0) is 0 Å². The third kappa shape index (κ3) is 1.12. The van der Waals surface area contributed by atoms with Crippen LogP contribution in [0.5, 0.6) is 0 Å². The Hall–Kier alpha value is 1.46. The molecule has 72 valence electrons. The predicted octanol–water partition coefficient (Wildman–Crippen LogP) is 0.784. The molecule has 2 heteroatoms. The molecule has 0 amide bonds. The Balaban J connectivity index is 2.23. The van der Waals surface area contributed by atoms with Gasteiger partial charge in [-0.15, -0.1) is 0 Å². The van der Waals surface area contributed by atoms with Crippen LogP contribution in [0.25, 0.3) is 0 Å². The third-order valence-corrected chi connectivity index (χ3v) is 12.3. The molecule has 2 unspecified atom stereocenters. The van der Waals surface area contributed by atoms with E-state index in [4.69, 9.17) is 0 Å². The van der Waals surface area contributed by atoms with Crippen LogP contribution in [-0.4, -0.2) is 3.42 Å². The zero-order valence-electron chi connectivity index (χ0n) is 7.87. The molecule has 0 bridgehead atoms. The molecule has 2 rings (SSSR count). The van der Waals surface area contributed by atoms with Gasteiger partial charge in [-0.05, 0) is 0 Å². The van der Waals surface area contributed by atoms with Gasteiger partial charge < -0.3 is 0 Å². The zero-order valence-corrected chi connectivity index (χ0v) is 12.2. The second-order valence-electron chi connectivity index (χ2n) is 4.68. The fourth-order valence-corrected chi connectivity index (χ4v) is 11.5. The fraction of sp³-hybridized carbons (Fsp3) is 1.00. The first-order chi connectivity index (χ1) is 5.68. The van der Waals surface area contributed by atoms with E-state index in [0.717, 1.165) is 14.8 Å². The van der Waals surface area contributed by atoms with Crippen molar-refractivity contribution in [2.45, 2.75) is 49.4 Å². The van der Waals surface area contributed by atoms with E-state index in [1.54, 1.807) is 25.7 Å². The van der Waals surface area contributed by atoms with E-state index < -0.39 is 0 Å². The van der Waals surface area contributed by atoms with Crippen LogP contribution in [0.3, 0.4) is 0 Å². The standard InChI is InChI=1S/C10H17I2/c1-3-9-4-5-10(9,12-11)7-8(2)6-9/h8H,3-7H2,1-2H3/q-1/t8-,9?,10?/m1/s1. The molecule has 0 aromatic rings. The summed E-state index contributed by atoms with van der Waals surface area (Å²) in [7, 11) is 0. The molecule has 0 aliphatic heterocycles. The predicted molar refractivity (Wildman–Crippen MR) is 57.1 cm³/mol. The van der Waals surface area contributed by atoms with Crippen molar-refractivity contribution in [3.05, 3.63) is 0 Å². The molecule has 0 N–H and O–H groups in total. The van der Waals surface area contributed by atoms with Gasteiger partial charge in [0.25, 0.3) is 0 Å². The van der Waals surface area contributed by atoms with Crippen molar-refractivity contribution >= 4 is 18.6 Å². The van der Waals surface area contributed by atoms with E-state index >= 15 is 0 Å². The van der Waals surface area contributed by atoms with E-state index in [1.807, 2.05) is 0 Å². The number of rotatable bonds is 2. The number of alkyl halides is 1. The van der Waals surface area contributed by atoms with Gasteiger partial charge in [0, 0.05) is 0 Å². The summed E-state index contributed by atoms with van der Waals surface area (Å²) in [4.78, 5) is 0. The summed E-state index contributed by atoms with van der Waals surface area (Å²) >= 11 is 3.18.